The summed E-state index contributed by atoms with van der Waals surface area (Å²) in [6.45, 7) is -0.0911. The number of nitrogens with one attached hydrogen (secondary N) is 3. The Morgan fingerprint density at radius 3 is 2.59 bits per heavy atom. The summed E-state index contributed by atoms with van der Waals surface area (Å²) >= 11 is 0. The molecule has 1 aromatic heterocycles. The third kappa shape index (κ3) is 4.16. The summed E-state index contributed by atoms with van der Waals surface area (Å²) in [4.78, 5) is 24.0. The fourth-order valence-electron chi connectivity index (χ4n) is 2.03. The van der Waals surface area contributed by atoms with Crippen molar-refractivity contribution in [1.29, 1.82) is 0 Å². The summed E-state index contributed by atoms with van der Waals surface area (Å²) in [6.07, 6.45) is 3.37. The third-order valence-electron chi connectivity index (χ3n) is 3.09. The van der Waals surface area contributed by atoms with Crippen LogP contribution in [0.3, 0.4) is 0 Å². The molecule has 0 aliphatic carbocycles. The zero-order valence-electron chi connectivity index (χ0n) is 12.5. The Labute approximate surface area is 128 Å². The van der Waals surface area contributed by atoms with Crippen molar-refractivity contribution in [3.8, 4) is 0 Å². The molecular weight excluding hydrogens is 282 g/mol. The Kier molecular flexibility index (Phi) is 5.26. The Morgan fingerprint density at radius 1 is 1.27 bits per heavy atom. The Hall–Kier alpha value is -2.67. The molecule has 22 heavy (non-hydrogen) atoms. The predicted octanol–water partition coefficient (Wildman–Crippen LogP) is 0.435. The normalized spacial score (nSPS) is 11.7. The molecule has 2 rings (SSSR count). The van der Waals surface area contributed by atoms with Crippen LogP contribution in [0.4, 0.5) is 5.69 Å². The molecule has 0 aliphatic rings. The van der Waals surface area contributed by atoms with E-state index >= 15 is 0 Å². The van der Waals surface area contributed by atoms with Crippen LogP contribution in [0.2, 0.25) is 0 Å². The topological polar surface area (TPSA) is 88.1 Å². The molecule has 0 spiro atoms. The van der Waals surface area contributed by atoms with Gasteiger partial charge < -0.3 is 16.0 Å². The Morgan fingerprint density at radius 2 is 2.00 bits per heavy atom. The highest BCUT2D eigenvalue weighted by Gasteiger charge is 2.20. The zero-order valence-corrected chi connectivity index (χ0v) is 12.5. The maximum absolute atomic E-state index is 12.2. The summed E-state index contributed by atoms with van der Waals surface area (Å²) in [5.74, 6) is -0.556. The molecule has 7 heteroatoms. The number of anilines is 1. The summed E-state index contributed by atoms with van der Waals surface area (Å²) in [7, 11) is 3.46. The number of aryl methyl sites for hydroxylation is 1. The monoisotopic (exact) mass is 301 g/mol. The number of nitrogens with zero attached hydrogens (tertiary/aromatic N) is 2. The van der Waals surface area contributed by atoms with E-state index in [0.717, 1.165) is 5.56 Å². The Bertz CT molecular complexity index is 638. The lowest BCUT2D eigenvalue weighted by Gasteiger charge is -2.14. The minimum absolute atomic E-state index is 0.0911. The maximum Gasteiger partial charge on any atom is 0.243 e. The van der Waals surface area contributed by atoms with E-state index in [9.17, 15) is 9.59 Å². The minimum Gasteiger partial charge on any atom is -0.345 e. The van der Waals surface area contributed by atoms with Crippen molar-refractivity contribution in [3.05, 3.63) is 48.3 Å². The number of hydrogen-bond acceptors (Lipinski definition) is 4. The number of hydrogen-bond donors (Lipinski definition) is 3. The number of carbonyl (C=O) groups is 2. The largest absolute Gasteiger partial charge is 0.345 e. The molecule has 1 atom stereocenters. The second-order valence-corrected chi connectivity index (χ2v) is 4.80. The van der Waals surface area contributed by atoms with Crippen LogP contribution in [-0.2, 0) is 16.6 Å². The molecule has 116 valence electrons. The van der Waals surface area contributed by atoms with E-state index in [4.69, 9.17) is 0 Å². The van der Waals surface area contributed by atoms with E-state index in [1.54, 1.807) is 43.3 Å². The number of carbonyl (C=O) groups excluding carboxylic acids is 2. The Balaban J connectivity index is 1.87. The molecule has 2 aromatic rings. The van der Waals surface area contributed by atoms with Crippen LogP contribution in [0.25, 0.3) is 0 Å². The highest BCUT2D eigenvalue weighted by Crippen LogP contribution is 2.11. The maximum atomic E-state index is 12.2. The average Bonchev–Trinajstić information content (AvgIpc) is 2.93. The molecule has 1 aromatic carbocycles. The van der Waals surface area contributed by atoms with E-state index in [1.807, 2.05) is 18.2 Å². The zero-order chi connectivity index (χ0) is 15.9. The summed E-state index contributed by atoms with van der Waals surface area (Å²) in [5, 5.41) is 12.3. The van der Waals surface area contributed by atoms with Crippen LogP contribution in [0, 0.1) is 0 Å². The molecule has 1 heterocycles. The standard InChI is InChI=1S/C15H19N5O2/c1-16-14(11-8-18-20(2)10-11)15(22)17-9-13(21)19-12-6-4-3-5-7-12/h3-8,10,14,16H,9H2,1-2H3,(H,17,22)(H,19,21). The molecule has 0 bridgehead atoms. The molecule has 2 amide bonds. The fraction of sp³-hybridized carbons (Fsp3) is 0.267. The van der Waals surface area contributed by atoms with Gasteiger partial charge in [-0.15, -0.1) is 0 Å². The predicted molar refractivity (Wildman–Crippen MR) is 83.1 cm³/mol. The van der Waals surface area contributed by atoms with Gasteiger partial charge in [0.05, 0.1) is 12.7 Å². The SMILES string of the molecule is CNC(C(=O)NCC(=O)Nc1ccccc1)c1cnn(C)c1. The number of para-hydroxylation sites is 1. The van der Waals surface area contributed by atoms with Gasteiger partial charge in [-0.1, -0.05) is 18.2 Å². The first-order chi connectivity index (χ1) is 10.6. The highest BCUT2D eigenvalue weighted by molar-refractivity contribution is 5.95. The lowest BCUT2D eigenvalue weighted by Crippen LogP contribution is -2.39. The second-order valence-electron chi connectivity index (χ2n) is 4.80. The molecular formula is C15H19N5O2. The van der Waals surface area contributed by atoms with Crippen LogP contribution < -0.4 is 16.0 Å². The van der Waals surface area contributed by atoms with Crippen LogP contribution in [0.15, 0.2) is 42.7 Å². The van der Waals surface area contributed by atoms with Gasteiger partial charge in [-0.2, -0.15) is 5.10 Å². The lowest BCUT2D eigenvalue weighted by atomic mass is 10.1. The van der Waals surface area contributed by atoms with E-state index in [0.29, 0.717) is 5.69 Å². The molecule has 1 unspecified atom stereocenters. The van der Waals surface area contributed by atoms with E-state index in [-0.39, 0.29) is 18.4 Å². The minimum atomic E-state index is -0.543. The van der Waals surface area contributed by atoms with Crippen LogP contribution in [0.1, 0.15) is 11.6 Å². The van der Waals surface area contributed by atoms with Crippen molar-refractivity contribution in [3.63, 3.8) is 0 Å². The van der Waals surface area contributed by atoms with Gasteiger partial charge in [-0.3, -0.25) is 14.3 Å². The first-order valence-electron chi connectivity index (χ1n) is 6.88. The van der Waals surface area contributed by atoms with Crippen LogP contribution in [0.5, 0.6) is 0 Å². The second kappa shape index (κ2) is 7.37. The molecule has 3 N–H and O–H groups in total. The number of likely N-dealkylation sites (N-methyl/N-ethyl adjacent to an activating group) is 1. The van der Waals surface area contributed by atoms with Gasteiger partial charge in [0.1, 0.15) is 6.04 Å². The van der Waals surface area contributed by atoms with Crippen molar-refractivity contribution in [2.75, 3.05) is 18.9 Å². The van der Waals surface area contributed by atoms with Crippen molar-refractivity contribution in [1.82, 2.24) is 20.4 Å². The van der Waals surface area contributed by atoms with E-state index in [1.165, 1.54) is 0 Å². The quantitative estimate of drug-likeness (QED) is 0.722. The molecule has 0 radical (unpaired) electrons. The number of amides is 2. The van der Waals surface area contributed by atoms with Crippen molar-refractivity contribution in [2.24, 2.45) is 7.05 Å². The van der Waals surface area contributed by atoms with Gasteiger partial charge in [0.25, 0.3) is 0 Å². The smallest absolute Gasteiger partial charge is 0.243 e. The van der Waals surface area contributed by atoms with E-state index in [2.05, 4.69) is 21.0 Å². The number of rotatable bonds is 6. The molecule has 7 nitrogen and oxygen atoms in total. The number of aromatic nitrogens is 2. The summed E-state index contributed by atoms with van der Waals surface area (Å²) < 4.78 is 1.62. The van der Waals surface area contributed by atoms with Crippen molar-refractivity contribution >= 4 is 17.5 Å². The summed E-state index contributed by atoms with van der Waals surface area (Å²) in [6, 6.07) is 8.54. The van der Waals surface area contributed by atoms with Gasteiger partial charge in [-0.25, -0.2) is 0 Å². The van der Waals surface area contributed by atoms with Gasteiger partial charge >= 0.3 is 0 Å². The summed E-state index contributed by atoms with van der Waals surface area (Å²) in [5.41, 5.74) is 1.44. The fourth-order valence-corrected chi connectivity index (χ4v) is 2.03. The van der Waals surface area contributed by atoms with Gasteiger partial charge in [0, 0.05) is 24.5 Å². The molecule has 0 fully saturated rings. The lowest BCUT2D eigenvalue weighted by molar-refractivity contribution is -0.125. The first kappa shape index (κ1) is 15.7. The molecule has 0 saturated carbocycles. The van der Waals surface area contributed by atoms with Crippen LogP contribution >= 0.6 is 0 Å². The number of benzene rings is 1. The average molecular weight is 301 g/mol. The van der Waals surface area contributed by atoms with Crippen molar-refractivity contribution in [2.45, 2.75) is 6.04 Å². The van der Waals surface area contributed by atoms with Gasteiger partial charge in [0.2, 0.25) is 11.8 Å². The van der Waals surface area contributed by atoms with E-state index < -0.39 is 6.04 Å². The van der Waals surface area contributed by atoms with Crippen molar-refractivity contribution < 1.29 is 9.59 Å². The molecule has 0 saturated heterocycles. The van der Waals surface area contributed by atoms with Crippen LogP contribution in [-0.4, -0.2) is 35.2 Å². The highest BCUT2D eigenvalue weighted by atomic mass is 16.2. The molecule has 0 aliphatic heterocycles. The first-order valence-corrected chi connectivity index (χ1v) is 6.88. The third-order valence-corrected chi connectivity index (χ3v) is 3.09. The van der Waals surface area contributed by atoms with Gasteiger partial charge in [-0.05, 0) is 19.2 Å². The van der Waals surface area contributed by atoms with Gasteiger partial charge in [0.15, 0.2) is 0 Å².